The fourth-order valence-corrected chi connectivity index (χ4v) is 2.31. The molecule has 0 saturated carbocycles. The van der Waals surface area contributed by atoms with Crippen LogP contribution in [-0.2, 0) is 0 Å². The van der Waals surface area contributed by atoms with Gasteiger partial charge >= 0.3 is 0 Å². The Balaban J connectivity index is 1.94. The Labute approximate surface area is 102 Å². The van der Waals surface area contributed by atoms with Crippen LogP contribution < -0.4 is 5.73 Å². The van der Waals surface area contributed by atoms with Crippen molar-refractivity contribution in [1.82, 2.24) is 4.90 Å². The Bertz CT molecular complexity index is 370. The highest BCUT2D eigenvalue weighted by Crippen LogP contribution is 2.19. The van der Waals surface area contributed by atoms with Gasteiger partial charge in [0.2, 0.25) is 0 Å². The predicted molar refractivity (Wildman–Crippen MR) is 67.5 cm³/mol. The van der Waals surface area contributed by atoms with E-state index in [1.54, 1.807) is 12.1 Å². The molecule has 2 rings (SSSR count). The number of aliphatic hydroxyl groups excluding tert-OH is 2. The fraction of sp³-hybridized carbons (Fsp3) is 0.538. The van der Waals surface area contributed by atoms with Gasteiger partial charge in [0.15, 0.2) is 0 Å². The van der Waals surface area contributed by atoms with Crippen molar-refractivity contribution >= 4 is 5.69 Å². The standard InChI is InChI=1S/C13H20N2O2/c14-11-4-1-3-10(7-11)13(17)9-15-6-2-5-12(16)8-15/h1,3-4,7,12-13,16-17H,2,5-6,8-9,14H2. The van der Waals surface area contributed by atoms with Crippen LogP contribution in [0.1, 0.15) is 24.5 Å². The molecule has 2 atom stereocenters. The van der Waals surface area contributed by atoms with Crippen LogP contribution in [0, 0.1) is 0 Å². The number of piperidine rings is 1. The van der Waals surface area contributed by atoms with Crippen LogP contribution in [0.5, 0.6) is 0 Å². The normalized spacial score (nSPS) is 23.5. The summed E-state index contributed by atoms with van der Waals surface area (Å²) in [4.78, 5) is 2.10. The summed E-state index contributed by atoms with van der Waals surface area (Å²) >= 11 is 0. The third kappa shape index (κ3) is 3.43. The molecule has 0 spiro atoms. The molecule has 4 heteroatoms. The molecular formula is C13H20N2O2. The second-order valence-corrected chi connectivity index (χ2v) is 4.74. The van der Waals surface area contributed by atoms with Gasteiger partial charge < -0.3 is 15.9 Å². The maximum absolute atomic E-state index is 10.1. The number of hydrogen-bond donors (Lipinski definition) is 3. The van der Waals surface area contributed by atoms with Crippen LogP contribution in [0.4, 0.5) is 5.69 Å². The molecule has 2 unspecified atom stereocenters. The molecule has 4 N–H and O–H groups in total. The van der Waals surface area contributed by atoms with Gasteiger partial charge in [-0.05, 0) is 37.1 Å². The van der Waals surface area contributed by atoms with Crippen molar-refractivity contribution in [1.29, 1.82) is 0 Å². The van der Waals surface area contributed by atoms with Crippen molar-refractivity contribution in [2.45, 2.75) is 25.0 Å². The van der Waals surface area contributed by atoms with Crippen molar-refractivity contribution < 1.29 is 10.2 Å². The number of hydrogen-bond acceptors (Lipinski definition) is 4. The largest absolute Gasteiger partial charge is 0.399 e. The zero-order valence-electron chi connectivity index (χ0n) is 9.92. The topological polar surface area (TPSA) is 69.7 Å². The van der Waals surface area contributed by atoms with E-state index in [-0.39, 0.29) is 6.10 Å². The molecule has 0 aliphatic carbocycles. The monoisotopic (exact) mass is 236 g/mol. The van der Waals surface area contributed by atoms with E-state index in [1.165, 1.54) is 0 Å². The van der Waals surface area contributed by atoms with Gasteiger partial charge in [-0.2, -0.15) is 0 Å². The number of nitrogens with two attached hydrogens (primary N) is 1. The van der Waals surface area contributed by atoms with E-state index >= 15 is 0 Å². The first-order valence-corrected chi connectivity index (χ1v) is 6.09. The number of likely N-dealkylation sites (tertiary alicyclic amines) is 1. The van der Waals surface area contributed by atoms with Crippen molar-refractivity contribution in [2.24, 2.45) is 0 Å². The minimum Gasteiger partial charge on any atom is -0.399 e. The average Bonchev–Trinajstić information content (AvgIpc) is 2.29. The number of aliphatic hydroxyl groups is 2. The van der Waals surface area contributed by atoms with Crippen molar-refractivity contribution in [3.05, 3.63) is 29.8 Å². The smallest absolute Gasteiger partial charge is 0.0917 e. The molecule has 17 heavy (non-hydrogen) atoms. The molecule has 1 saturated heterocycles. The maximum atomic E-state index is 10.1. The van der Waals surface area contributed by atoms with Gasteiger partial charge in [0.05, 0.1) is 12.2 Å². The highest BCUT2D eigenvalue weighted by molar-refractivity contribution is 5.41. The third-order valence-electron chi connectivity index (χ3n) is 3.21. The summed E-state index contributed by atoms with van der Waals surface area (Å²) in [5.74, 6) is 0. The van der Waals surface area contributed by atoms with E-state index in [2.05, 4.69) is 4.90 Å². The van der Waals surface area contributed by atoms with Gasteiger partial charge in [-0.15, -0.1) is 0 Å². The Morgan fingerprint density at radius 3 is 3.00 bits per heavy atom. The van der Waals surface area contributed by atoms with E-state index in [9.17, 15) is 10.2 Å². The summed E-state index contributed by atoms with van der Waals surface area (Å²) in [6.45, 7) is 2.15. The minimum absolute atomic E-state index is 0.253. The number of nitrogen functional groups attached to an aromatic ring is 1. The molecule has 1 fully saturated rings. The van der Waals surface area contributed by atoms with Crippen LogP contribution in [0.15, 0.2) is 24.3 Å². The van der Waals surface area contributed by atoms with E-state index in [0.29, 0.717) is 18.8 Å². The van der Waals surface area contributed by atoms with E-state index < -0.39 is 6.10 Å². The van der Waals surface area contributed by atoms with Gasteiger partial charge in [-0.25, -0.2) is 0 Å². The molecule has 1 aliphatic rings. The molecular weight excluding hydrogens is 216 g/mol. The number of benzene rings is 1. The molecule has 0 bridgehead atoms. The fourth-order valence-electron chi connectivity index (χ4n) is 2.31. The third-order valence-corrected chi connectivity index (χ3v) is 3.21. The first-order valence-electron chi connectivity index (χ1n) is 6.09. The van der Waals surface area contributed by atoms with Gasteiger partial charge in [0, 0.05) is 18.8 Å². The summed E-state index contributed by atoms with van der Waals surface area (Å²) in [5, 5.41) is 19.7. The van der Waals surface area contributed by atoms with Crippen LogP contribution in [-0.4, -0.2) is 40.9 Å². The number of β-amino-alcohol motifs (C(OH)–C–C–N with tert-alkyl or cyclic N) is 2. The maximum Gasteiger partial charge on any atom is 0.0917 e. The van der Waals surface area contributed by atoms with E-state index in [4.69, 9.17) is 5.73 Å². The highest BCUT2D eigenvalue weighted by Gasteiger charge is 2.20. The lowest BCUT2D eigenvalue weighted by molar-refractivity contribution is 0.0392. The SMILES string of the molecule is Nc1cccc(C(O)CN2CCCC(O)C2)c1. The first-order chi connectivity index (χ1) is 8.15. The highest BCUT2D eigenvalue weighted by atomic mass is 16.3. The Morgan fingerprint density at radius 1 is 1.47 bits per heavy atom. The number of rotatable bonds is 3. The second-order valence-electron chi connectivity index (χ2n) is 4.74. The quantitative estimate of drug-likeness (QED) is 0.678. The minimum atomic E-state index is -0.538. The molecule has 0 amide bonds. The summed E-state index contributed by atoms with van der Waals surface area (Å²) in [6, 6.07) is 7.33. The molecule has 0 aromatic heterocycles. The zero-order valence-corrected chi connectivity index (χ0v) is 9.92. The van der Waals surface area contributed by atoms with Crippen molar-refractivity contribution in [2.75, 3.05) is 25.4 Å². The molecule has 4 nitrogen and oxygen atoms in total. The van der Waals surface area contributed by atoms with E-state index in [1.807, 2.05) is 12.1 Å². The molecule has 94 valence electrons. The van der Waals surface area contributed by atoms with Crippen molar-refractivity contribution in [3.8, 4) is 0 Å². The Morgan fingerprint density at radius 2 is 2.29 bits per heavy atom. The number of nitrogens with zero attached hydrogens (tertiary/aromatic N) is 1. The van der Waals surface area contributed by atoms with Gasteiger partial charge in [-0.3, -0.25) is 4.90 Å². The summed E-state index contributed by atoms with van der Waals surface area (Å²) in [7, 11) is 0. The Hall–Kier alpha value is -1.10. The lowest BCUT2D eigenvalue weighted by atomic mass is 10.0. The second kappa shape index (κ2) is 5.49. The number of anilines is 1. The van der Waals surface area contributed by atoms with Crippen LogP contribution >= 0.6 is 0 Å². The average molecular weight is 236 g/mol. The summed E-state index contributed by atoms with van der Waals surface area (Å²) in [6.07, 6.45) is 1.07. The van der Waals surface area contributed by atoms with Gasteiger partial charge in [0.1, 0.15) is 0 Å². The van der Waals surface area contributed by atoms with Crippen molar-refractivity contribution in [3.63, 3.8) is 0 Å². The molecule has 1 heterocycles. The molecule has 1 aromatic carbocycles. The van der Waals surface area contributed by atoms with E-state index in [0.717, 1.165) is 24.9 Å². The Kier molecular flexibility index (Phi) is 3.99. The summed E-state index contributed by atoms with van der Waals surface area (Å²) < 4.78 is 0. The lowest BCUT2D eigenvalue weighted by Gasteiger charge is -2.31. The van der Waals surface area contributed by atoms with Crippen LogP contribution in [0.25, 0.3) is 0 Å². The molecule has 0 radical (unpaired) electrons. The molecule has 1 aliphatic heterocycles. The zero-order chi connectivity index (χ0) is 12.3. The van der Waals surface area contributed by atoms with Gasteiger partial charge in [0.25, 0.3) is 0 Å². The molecule has 1 aromatic rings. The van der Waals surface area contributed by atoms with Crippen LogP contribution in [0.3, 0.4) is 0 Å². The summed E-state index contributed by atoms with van der Waals surface area (Å²) in [5.41, 5.74) is 7.19. The first kappa shape index (κ1) is 12.4. The van der Waals surface area contributed by atoms with Crippen LogP contribution in [0.2, 0.25) is 0 Å². The lowest BCUT2D eigenvalue weighted by Crippen LogP contribution is -2.40. The predicted octanol–water partition coefficient (Wildman–Crippen LogP) is 0.759. The van der Waals surface area contributed by atoms with Gasteiger partial charge in [-0.1, -0.05) is 12.1 Å².